The lowest BCUT2D eigenvalue weighted by atomic mass is 9.98. The molecule has 20 heavy (non-hydrogen) atoms. The fourth-order valence-electron chi connectivity index (χ4n) is 2.33. The smallest absolute Gasteiger partial charge is 0.370 e. The summed E-state index contributed by atoms with van der Waals surface area (Å²) in [7, 11) is -3.70. The van der Waals surface area contributed by atoms with Crippen molar-refractivity contribution < 1.29 is 12.6 Å². The summed E-state index contributed by atoms with van der Waals surface area (Å²) in [5.41, 5.74) is 4.85. The zero-order chi connectivity index (χ0) is 14.3. The van der Waals surface area contributed by atoms with Crippen LogP contribution in [0.1, 0.15) is 16.7 Å². The van der Waals surface area contributed by atoms with E-state index >= 15 is 0 Å². The Morgan fingerprint density at radius 1 is 1.05 bits per heavy atom. The molecule has 0 atom stereocenters. The van der Waals surface area contributed by atoms with E-state index in [0.29, 0.717) is 5.75 Å². The van der Waals surface area contributed by atoms with Gasteiger partial charge in [-0.3, -0.25) is 0 Å². The summed E-state index contributed by atoms with van der Waals surface area (Å²) in [5.74, 6) is 0.429. The maximum atomic E-state index is 11.6. The lowest BCUT2D eigenvalue weighted by Gasteiger charge is -2.21. The number of nitrogens with one attached hydrogen (secondary N) is 1. The van der Waals surface area contributed by atoms with Crippen LogP contribution in [-0.2, 0) is 16.8 Å². The van der Waals surface area contributed by atoms with Crippen LogP contribution in [0.5, 0.6) is 5.75 Å². The predicted octanol–water partition coefficient (Wildman–Crippen LogP) is 2.70. The fourth-order valence-corrected chi connectivity index (χ4v) is 3.14. The van der Waals surface area contributed by atoms with Gasteiger partial charge in [0.15, 0.2) is 5.75 Å². The Labute approximate surface area is 118 Å². The number of hydrogen-bond donors (Lipinski definition) is 1. The van der Waals surface area contributed by atoms with Gasteiger partial charge in [-0.2, -0.15) is 13.1 Å². The fraction of sp³-hybridized carbons (Fsp3) is 0.200. The maximum Gasteiger partial charge on any atom is 0.382 e. The van der Waals surface area contributed by atoms with E-state index in [1.165, 1.54) is 0 Å². The van der Waals surface area contributed by atoms with E-state index in [1.807, 2.05) is 50.2 Å². The minimum atomic E-state index is -3.70. The molecule has 104 valence electrons. The molecule has 3 rings (SSSR count). The van der Waals surface area contributed by atoms with Gasteiger partial charge < -0.3 is 4.18 Å². The first-order chi connectivity index (χ1) is 9.44. The van der Waals surface area contributed by atoms with Crippen molar-refractivity contribution in [3.63, 3.8) is 0 Å². The molecule has 0 bridgehead atoms. The first kappa shape index (κ1) is 13.1. The second-order valence-electron chi connectivity index (χ2n) is 5.03. The van der Waals surface area contributed by atoms with Crippen LogP contribution in [0.3, 0.4) is 0 Å². The van der Waals surface area contributed by atoms with Crippen LogP contribution >= 0.6 is 0 Å². The van der Waals surface area contributed by atoms with E-state index < -0.39 is 10.3 Å². The SMILES string of the molecule is Cc1ccc(-c2cc(C)cc3c2OS(=O)(=O)NC3)cc1. The lowest BCUT2D eigenvalue weighted by Crippen LogP contribution is -2.32. The molecule has 0 aromatic heterocycles. The number of aryl methyl sites for hydroxylation is 2. The number of fused-ring (bicyclic) bond motifs is 1. The van der Waals surface area contributed by atoms with Crippen LogP contribution in [0, 0.1) is 13.8 Å². The molecule has 0 spiro atoms. The van der Waals surface area contributed by atoms with E-state index in [1.54, 1.807) is 0 Å². The second-order valence-corrected chi connectivity index (χ2v) is 6.39. The van der Waals surface area contributed by atoms with E-state index in [4.69, 9.17) is 4.18 Å². The minimum absolute atomic E-state index is 0.262. The third kappa shape index (κ3) is 2.42. The first-order valence-electron chi connectivity index (χ1n) is 6.34. The van der Waals surface area contributed by atoms with Crippen LogP contribution in [0.2, 0.25) is 0 Å². The Morgan fingerprint density at radius 3 is 2.45 bits per heavy atom. The van der Waals surface area contributed by atoms with Crippen LogP contribution in [0.15, 0.2) is 36.4 Å². The number of benzene rings is 2. The summed E-state index contributed by atoms with van der Waals surface area (Å²) in [6, 6.07) is 11.8. The maximum absolute atomic E-state index is 11.6. The normalized spacial score (nSPS) is 16.3. The van der Waals surface area contributed by atoms with Gasteiger partial charge in [-0.1, -0.05) is 35.9 Å². The van der Waals surface area contributed by atoms with Gasteiger partial charge in [0, 0.05) is 17.7 Å². The lowest BCUT2D eigenvalue weighted by molar-refractivity contribution is 0.454. The van der Waals surface area contributed by atoms with Gasteiger partial charge in [0.25, 0.3) is 0 Å². The van der Waals surface area contributed by atoms with E-state index in [2.05, 4.69) is 4.72 Å². The molecule has 1 N–H and O–H groups in total. The molecule has 0 saturated heterocycles. The minimum Gasteiger partial charge on any atom is -0.370 e. The Morgan fingerprint density at radius 2 is 1.75 bits per heavy atom. The third-order valence-corrected chi connectivity index (χ3v) is 4.19. The molecule has 2 aromatic rings. The highest BCUT2D eigenvalue weighted by Crippen LogP contribution is 2.37. The first-order valence-corrected chi connectivity index (χ1v) is 7.75. The molecule has 0 unspecified atom stereocenters. The molecule has 0 amide bonds. The Hall–Kier alpha value is -1.85. The van der Waals surface area contributed by atoms with Gasteiger partial charge in [0.1, 0.15) is 0 Å². The number of rotatable bonds is 1. The highest BCUT2D eigenvalue weighted by Gasteiger charge is 2.25. The van der Waals surface area contributed by atoms with Crippen LogP contribution < -0.4 is 8.91 Å². The summed E-state index contributed by atoms with van der Waals surface area (Å²) >= 11 is 0. The molecule has 2 aromatic carbocycles. The summed E-state index contributed by atoms with van der Waals surface area (Å²) in [5, 5.41) is 0. The monoisotopic (exact) mass is 289 g/mol. The third-order valence-electron chi connectivity index (χ3n) is 3.31. The molecule has 0 saturated carbocycles. The Kier molecular flexibility index (Phi) is 3.03. The molecule has 4 nitrogen and oxygen atoms in total. The van der Waals surface area contributed by atoms with E-state index in [-0.39, 0.29) is 6.54 Å². The van der Waals surface area contributed by atoms with Crippen molar-refractivity contribution in [2.75, 3.05) is 0 Å². The molecular formula is C15H15NO3S. The van der Waals surface area contributed by atoms with Gasteiger partial charge in [-0.05, 0) is 31.0 Å². The van der Waals surface area contributed by atoms with Crippen molar-refractivity contribution in [1.82, 2.24) is 4.72 Å². The molecule has 5 heteroatoms. The topological polar surface area (TPSA) is 55.4 Å². The molecule has 1 aliphatic rings. The Balaban J connectivity index is 2.20. The molecule has 1 aliphatic heterocycles. The molecule has 0 fully saturated rings. The second kappa shape index (κ2) is 4.61. The largest absolute Gasteiger partial charge is 0.382 e. The van der Waals surface area contributed by atoms with E-state index in [9.17, 15) is 8.42 Å². The zero-order valence-corrected chi connectivity index (χ0v) is 12.1. The van der Waals surface area contributed by atoms with Crippen molar-refractivity contribution in [2.24, 2.45) is 0 Å². The summed E-state index contributed by atoms with van der Waals surface area (Å²) < 4.78 is 30.7. The van der Waals surface area contributed by atoms with Crippen LogP contribution in [0.25, 0.3) is 11.1 Å². The number of hydrogen-bond acceptors (Lipinski definition) is 3. The molecule has 0 radical (unpaired) electrons. The highest BCUT2D eigenvalue weighted by molar-refractivity contribution is 7.85. The highest BCUT2D eigenvalue weighted by atomic mass is 32.2. The van der Waals surface area contributed by atoms with Gasteiger partial charge in [0.05, 0.1) is 0 Å². The van der Waals surface area contributed by atoms with Gasteiger partial charge >= 0.3 is 10.3 Å². The summed E-state index contributed by atoms with van der Waals surface area (Å²) in [4.78, 5) is 0. The average Bonchev–Trinajstić information content (AvgIpc) is 2.39. The Bertz CT molecular complexity index is 764. The van der Waals surface area contributed by atoms with Crippen molar-refractivity contribution in [1.29, 1.82) is 0 Å². The van der Waals surface area contributed by atoms with Gasteiger partial charge in [-0.15, -0.1) is 0 Å². The van der Waals surface area contributed by atoms with Gasteiger partial charge in [0.2, 0.25) is 0 Å². The van der Waals surface area contributed by atoms with Crippen molar-refractivity contribution in [3.05, 3.63) is 53.1 Å². The quantitative estimate of drug-likeness (QED) is 0.878. The molecule has 1 heterocycles. The molecule has 0 aliphatic carbocycles. The van der Waals surface area contributed by atoms with Gasteiger partial charge in [-0.25, -0.2) is 0 Å². The standard InChI is InChI=1S/C15H15NO3S/c1-10-3-5-12(6-4-10)14-8-11(2)7-13-9-16-20(17,18)19-15(13)14/h3-8,16H,9H2,1-2H3. The predicted molar refractivity (Wildman–Crippen MR) is 77.7 cm³/mol. The average molecular weight is 289 g/mol. The summed E-state index contributed by atoms with van der Waals surface area (Å²) in [6.45, 7) is 4.26. The van der Waals surface area contributed by atoms with Crippen molar-refractivity contribution in [3.8, 4) is 16.9 Å². The van der Waals surface area contributed by atoms with Crippen molar-refractivity contribution in [2.45, 2.75) is 20.4 Å². The van der Waals surface area contributed by atoms with Crippen molar-refractivity contribution >= 4 is 10.3 Å². The van der Waals surface area contributed by atoms with E-state index in [0.717, 1.165) is 27.8 Å². The zero-order valence-electron chi connectivity index (χ0n) is 11.3. The van der Waals surface area contributed by atoms with Crippen LogP contribution in [-0.4, -0.2) is 8.42 Å². The molecular weight excluding hydrogens is 274 g/mol. The van der Waals surface area contributed by atoms with Crippen LogP contribution in [0.4, 0.5) is 0 Å². The summed E-state index contributed by atoms with van der Waals surface area (Å²) in [6.07, 6.45) is 0.